The predicted molar refractivity (Wildman–Crippen MR) is 104 cm³/mol. The van der Waals surface area contributed by atoms with Gasteiger partial charge in [-0.05, 0) is 24.3 Å². The molecule has 2 N–H and O–H groups in total. The Hall–Kier alpha value is -4.06. The minimum absolute atomic E-state index is 0.0189. The Labute approximate surface area is 165 Å². The minimum atomic E-state index is -0.622. The number of halogens is 1. The minimum Gasteiger partial charge on any atom is -0.493 e. The summed E-state index contributed by atoms with van der Waals surface area (Å²) in [6.07, 6.45) is 1.05. The van der Waals surface area contributed by atoms with Crippen LogP contribution in [0.2, 0.25) is 0 Å². The molecule has 0 atom stereocenters. The van der Waals surface area contributed by atoms with E-state index in [9.17, 15) is 9.65 Å². The Morgan fingerprint density at radius 1 is 1.14 bits per heavy atom. The molecule has 0 spiro atoms. The molecule has 4 rings (SSSR count). The summed E-state index contributed by atoms with van der Waals surface area (Å²) in [5.74, 6) is 1.06. The normalized spacial score (nSPS) is 12.0. The highest BCUT2D eigenvalue weighted by Gasteiger charge is 2.15. The SMILES string of the molecule is COc1c(C#N)cccc1Nc1ncc(F)c(Nc2ccc3c(c2)OCCO3)n1. The summed E-state index contributed by atoms with van der Waals surface area (Å²) in [6.45, 7) is 0.946. The van der Waals surface area contributed by atoms with Crippen LogP contribution < -0.4 is 24.8 Å². The van der Waals surface area contributed by atoms with E-state index in [2.05, 4.69) is 26.7 Å². The molecule has 2 heterocycles. The largest absolute Gasteiger partial charge is 0.493 e. The molecule has 0 amide bonds. The van der Waals surface area contributed by atoms with E-state index in [0.717, 1.165) is 6.20 Å². The first-order valence-corrected chi connectivity index (χ1v) is 8.71. The third-order valence-electron chi connectivity index (χ3n) is 4.14. The Morgan fingerprint density at radius 2 is 1.97 bits per heavy atom. The molecule has 2 aromatic carbocycles. The van der Waals surface area contributed by atoms with Gasteiger partial charge in [0, 0.05) is 11.8 Å². The molecule has 29 heavy (non-hydrogen) atoms. The van der Waals surface area contributed by atoms with Gasteiger partial charge in [0.05, 0.1) is 24.6 Å². The van der Waals surface area contributed by atoms with Crippen LogP contribution in [-0.4, -0.2) is 30.3 Å². The summed E-state index contributed by atoms with van der Waals surface area (Å²) in [6, 6.07) is 12.3. The average Bonchev–Trinajstić information content (AvgIpc) is 2.75. The molecular weight excluding hydrogens is 377 g/mol. The lowest BCUT2D eigenvalue weighted by Crippen LogP contribution is -2.15. The smallest absolute Gasteiger partial charge is 0.229 e. The number of hydrogen-bond donors (Lipinski definition) is 2. The van der Waals surface area contributed by atoms with Crippen LogP contribution in [0.25, 0.3) is 0 Å². The standard InChI is InChI=1S/C20H16FN5O3/c1-27-18-12(10-22)3-2-4-15(18)25-20-23-11-14(21)19(26-20)24-13-5-6-16-17(9-13)29-8-7-28-16/h2-6,9,11H,7-8H2,1H3,(H2,23,24,25,26). The second-order valence-electron chi connectivity index (χ2n) is 6.00. The summed E-state index contributed by atoms with van der Waals surface area (Å²) in [7, 11) is 1.46. The van der Waals surface area contributed by atoms with Gasteiger partial charge in [-0.3, -0.25) is 0 Å². The molecule has 0 fully saturated rings. The zero-order valence-electron chi connectivity index (χ0n) is 15.4. The molecule has 0 saturated heterocycles. The van der Waals surface area contributed by atoms with E-state index in [4.69, 9.17) is 14.2 Å². The Bertz CT molecular complexity index is 1100. The summed E-state index contributed by atoms with van der Waals surface area (Å²) in [5.41, 5.74) is 1.43. The van der Waals surface area contributed by atoms with Crippen molar-refractivity contribution in [2.24, 2.45) is 0 Å². The van der Waals surface area contributed by atoms with Crippen LogP contribution in [0.1, 0.15) is 5.56 Å². The molecule has 3 aromatic rings. The van der Waals surface area contributed by atoms with Crippen LogP contribution in [0.3, 0.4) is 0 Å². The Kier molecular flexibility index (Phi) is 4.99. The lowest BCUT2D eigenvalue weighted by atomic mass is 10.2. The molecule has 0 aliphatic carbocycles. The van der Waals surface area contributed by atoms with Gasteiger partial charge in [0.2, 0.25) is 5.95 Å². The zero-order valence-corrected chi connectivity index (χ0v) is 15.4. The summed E-state index contributed by atoms with van der Waals surface area (Å²) < 4.78 is 30.6. The third kappa shape index (κ3) is 3.82. The number of rotatable bonds is 5. The molecule has 9 heteroatoms. The number of nitrogens with one attached hydrogen (secondary N) is 2. The highest BCUT2D eigenvalue weighted by Crippen LogP contribution is 2.34. The van der Waals surface area contributed by atoms with Crippen molar-refractivity contribution >= 4 is 23.1 Å². The van der Waals surface area contributed by atoms with Crippen molar-refractivity contribution in [2.45, 2.75) is 0 Å². The van der Waals surface area contributed by atoms with Crippen molar-refractivity contribution < 1.29 is 18.6 Å². The van der Waals surface area contributed by atoms with Crippen molar-refractivity contribution in [1.82, 2.24) is 9.97 Å². The number of fused-ring (bicyclic) bond motifs is 1. The maximum absolute atomic E-state index is 14.3. The quantitative estimate of drug-likeness (QED) is 0.676. The fourth-order valence-electron chi connectivity index (χ4n) is 2.84. The number of hydrogen-bond acceptors (Lipinski definition) is 8. The van der Waals surface area contributed by atoms with Gasteiger partial charge in [0.15, 0.2) is 28.9 Å². The van der Waals surface area contributed by atoms with Crippen molar-refractivity contribution in [1.29, 1.82) is 5.26 Å². The molecule has 0 radical (unpaired) electrons. The van der Waals surface area contributed by atoms with Gasteiger partial charge in [-0.15, -0.1) is 0 Å². The fourth-order valence-corrected chi connectivity index (χ4v) is 2.84. The molecule has 1 aliphatic rings. The first-order chi connectivity index (χ1) is 14.2. The van der Waals surface area contributed by atoms with Gasteiger partial charge in [0.1, 0.15) is 19.3 Å². The number of benzene rings is 2. The van der Waals surface area contributed by atoms with E-state index < -0.39 is 5.82 Å². The van der Waals surface area contributed by atoms with Gasteiger partial charge in [-0.25, -0.2) is 9.37 Å². The summed E-state index contributed by atoms with van der Waals surface area (Å²) >= 11 is 0. The van der Waals surface area contributed by atoms with Crippen LogP contribution in [-0.2, 0) is 0 Å². The number of nitriles is 1. The van der Waals surface area contributed by atoms with E-state index in [0.29, 0.717) is 47.4 Å². The number of para-hydroxylation sites is 1. The number of aromatic nitrogens is 2. The Morgan fingerprint density at radius 3 is 2.76 bits per heavy atom. The average molecular weight is 393 g/mol. The molecule has 0 unspecified atom stereocenters. The maximum Gasteiger partial charge on any atom is 0.229 e. The number of methoxy groups -OCH3 is 1. The Balaban J connectivity index is 1.60. The first kappa shape index (κ1) is 18.3. The van der Waals surface area contributed by atoms with Crippen LogP contribution in [0.15, 0.2) is 42.6 Å². The highest BCUT2D eigenvalue weighted by atomic mass is 19.1. The van der Waals surface area contributed by atoms with E-state index >= 15 is 0 Å². The van der Waals surface area contributed by atoms with Crippen molar-refractivity contribution in [3.8, 4) is 23.3 Å². The van der Waals surface area contributed by atoms with Crippen molar-refractivity contribution in [3.63, 3.8) is 0 Å². The van der Waals surface area contributed by atoms with E-state index in [-0.39, 0.29) is 11.8 Å². The zero-order chi connectivity index (χ0) is 20.2. The van der Waals surface area contributed by atoms with E-state index in [1.807, 2.05) is 0 Å². The molecule has 1 aromatic heterocycles. The van der Waals surface area contributed by atoms with Crippen LogP contribution >= 0.6 is 0 Å². The fraction of sp³-hybridized carbons (Fsp3) is 0.150. The molecule has 8 nitrogen and oxygen atoms in total. The lowest BCUT2D eigenvalue weighted by Gasteiger charge is -2.19. The van der Waals surface area contributed by atoms with Crippen LogP contribution in [0.4, 0.5) is 27.5 Å². The summed E-state index contributed by atoms with van der Waals surface area (Å²) in [5, 5.41) is 15.1. The van der Waals surface area contributed by atoms with Gasteiger partial charge < -0.3 is 24.8 Å². The molecule has 0 bridgehead atoms. The van der Waals surface area contributed by atoms with Gasteiger partial charge in [0.25, 0.3) is 0 Å². The topological polar surface area (TPSA) is 101 Å². The van der Waals surface area contributed by atoms with E-state index in [1.165, 1.54) is 7.11 Å². The summed E-state index contributed by atoms with van der Waals surface area (Å²) in [4.78, 5) is 8.14. The third-order valence-corrected chi connectivity index (χ3v) is 4.14. The molecule has 1 aliphatic heterocycles. The second-order valence-corrected chi connectivity index (χ2v) is 6.00. The number of ether oxygens (including phenoxy) is 3. The molecule has 0 saturated carbocycles. The molecule has 146 valence electrons. The molecular formula is C20H16FN5O3. The lowest BCUT2D eigenvalue weighted by molar-refractivity contribution is 0.171. The first-order valence-electron chi connectivity index (χ1n) is 8.71. The number of anilines is 4. The van der Waals surface area contributed by atoms with Crippen molar-refractivity contribution in [3.05, 3.63) is 54.0 Å². The monoisotopic (exact) mass is 393 g/mol. The van der Waals surface area contributed by atoms with Gasteiger partial charge in [-0.2, -0.15) is 10.2 Å². The maximum atomic E-state index is 14.3. The predicted octanol–water partition coefficient (Wildman–Crippen LogP) is 3.75. The second kappa shape index (κ2) is 7.90. The van der Waals surface area contributed by atoms with Crippen LogP contribution in [0.5, 0.6) is 17.2 Å². The van der Waals surface area contributed by atoms with Crippen molar-refractivity contribution in [2.75, 3.05) is 31.0 Å². The van der Waals surface area contributed by atoms with Gasteiger partial charge in [-0.1, -0.05) is 6.07 Å². The van der Waals surface area contributed by atoms with E-state index in [1.54, 1.807) is 36.4 Å². The highest BCUT2D eigenvalue weighted by molar-refractivity contribution is 5.69. The number of nitrogens with zero attached hydrogens (tertiary/aromatic N) is 3. The van der Waals surface area contributed by atoms with Crippen LogP contribution in [0, 0.1) is 17.1 Å². The van der Waals surface area contributed by atoms with Gasteiger partial charge >= 0.3 is 0 Å².